The van der Waals surface area contributed by atoms with Crippen LogP contribution in [0.2, 0.25) is 0 Å². The number of carbonyl (C=O) groups is 1. The first kappa shape index (κ1) is 17.5. The molecule has 1 aliphatic carbocycles. The van der Waals surface area contributed by atoms with Crippen molar-refractivity contribution >= 4 is 11.6 Å². The van der Waals surface area contributed by atoms with Gasteiger partial charge < -0.3 is 14.4 Å². The lowest BCUT2D eigenvalue weighted by Gasteiger charge is -2.20. The molecule has 27 heavy (non-hydrogen) atoms. The van der Waals surface area contributed by atoms with Crippen molar-refractivity contribution in [1.29, 1.82) is 0 Å². The van der Waals surface area contributed by atoms with Crippen molar-refractivity contribution < 1.29 is 14.3 Å². The van der Waals surface area contributed by atoms with E-state index in [0.29, 0.717) is 23.6 Å². The molecule has 2 aromatic carbocycles. The smallest absolute Gasteiger partial charge is 0.258 e. The molecule has 4 rings (SSSR count). The molecule has 0 aromatic heterocycles. The lowest BCUT2D eigenvalue weighted by atomic mass is 10.1. The molecule has 6 nitrogen and oxygen atoms in total. The van der Waals surface area contributed by atoms with Crippen molar-refractivity contribution in [2.45, 2.75) is 44.9 Å². The van der Waals surface area contributed by atoms with Gasteiger partial charge >= 0.3 is 0 Å². The number of hydrogen-bond acceptors (Lipinski definition) is 5. The van der Waals surface area contributed by atoms with Gasteiger partial charge in [0.15, 0.2) is 11.5 Å². The summed E-state index contributed by atoms with van der Waals surface area (Å²) in [5, 5.41) is 2.91. The van der Waals surface area contributed by atoms with Crippen LogP contribution >= 0.6 is 0 Å². The van der Waals surface area contributed by atoms with Crippen LogP contribution in [0.1, 0.15) is 47.2 Å². The van der Waals surface area contributed by atoms with Crippen molar-refractivity contribution in [3.8, 4) is 11.5 Å². The number of benzene rings is 2. The number of ether oxygens (including phenoxy) is 2. The maximum atomic E-state index is 12.9. The highest BCUT2D eigenvalue weighted by Crippen LogP contribution is 2.37. The molecular weight excluding hydrogens is 344 g/mol. The van der Waals surface area contributed by atoms with Gasteiger partial charge in [-0.3, -0.25) is 4.79 Å². The average Bonchev–Trinajstić information content (AvgIpc) is 3.30. The number of nitrogens with zero attached hydrogens (tertiary/aromatic N) is 2. The molecular formula is C21H22N2O4. The Morgan fingerprint density at radius 2 is 1.93 bits per heavy atom. The summed E-state index contributed by atoms with van der Waals surface area (Å²) in [6.07, 6.45) is 4.68. The molecule has 0 spiro atoms. The van der Waals surface area contributed by atoms with E-state index in [0.717, 1.165) is 29.7 Å². The number of carbonyl (C=O) groups excluding carboxylic acids is 1. The van der Waals surface area contributed by atoms with Crippen LogP contribution in [-0.2, 0) is 13.1 Å². The van der Waals surface area contributed by atoms with Gasteiger partial charge in [-0.1, -0.05) is 17.3 Å². The Kier molecular flexibility index (Phi) is 4.79. The zero-order chi connectivity index (χ0) is 18.8. The first-order chi connectivity index (χ1) is 13.2. The number of rotatable bonds is 6. The van der Waals surface area contributed by atoms with E-state index in [1.807, 2.05) is 30.3 Å². The number of fused-ring (bicyclic) bond motifs is 1. The summed E-state index contributed by atoms with van der Waals surface area (Å²) < 4.78 is 11.6. The predicted octanol–water partition coefficient (Wildman–Crippen LogP) is 4.44. The third-order valence-corrected chi connectivity index (χ3v) is 5.28. The molecule has 1 amide bonds. The van der Waals surface area contributed by atoms with Gasteiger partial charge in [-0.05, 0) is 55.0 Å². The zero-order valence-electron chi connectivity index (χ0n) is 15.3. The maximum absolute atomic E-state index is 12.9. The summed E-state index contributed by atoms with van der Waals surface area (Å²) in [7, 11) is 1.62. The fourth-order valence-electron chi connectivity index (χ4n) is 3.84. The Morgan fingerprint density at radius 3 is 2.67 bits per heavy atom. The van der Waals surface area contributed by atoms with Crippen LogP contribution in [0.5, 0.6) is 11.5 Å². The lowest BCUT2D eigenvalue weighted by Crippen LogP contribution is -2.23. The minimum atomic E-state index is -0.0743. The summed E-state index contributed by atoms with van der Waals surface area (Å²) in [6, 6.07) is 11.1. The molecule has 0 N–H and O–H groups in total. The van der Waals surface area contributed by atoms with E-state index in [2.05, 4.69) is 5.18 Å². The largest absolute Gasteiger partial charge is 0.493 e. The molecule has 140 valence electrons. The van der Waals surface area contributed by atoms with E-state index >= 15 is 0 Å². The quantitative estimate of drug-likeness (QED) is 0.709. The second-order valence-electron chi connectivity index (χ2n) is 7.03. The van der Waals surface area contributed by atoms with E-state index in [1.165, 1.54) is 12.8 Å². The highest BCUT2D eigenvalue weighted by atomic mass is 16.5. The molecule has 0 unspecified atom stereocenters. The summed E-state index contributed by atoms with van der Waals surface area (Å²) >= 11 is 0. The SMILES string of the molecule is COc1ccc(N2Cc3ccc(CN=O)cc3C2=O)cc1OC1CCCC1. The van der Waals surface area contributed by atoms with Crippen molar-refractivity contribution in [1.82, 2.24) is 0 Å². The molecule has 2 aromatic rings. The van der Waals surface area contributed by atoms with Gasteiger partial charge in [0, 0.05) is 17.3 Å². The summed E-state index contributed by atoms with van der Waals surface area (Å²) in [4.78, 5) is 25.1. The van der Waals surface area contributed by atoms with Gasteiger partial charge in [0.1, 0.15) is 6.54 Å². The number of methoxy groups -OCH3 is 1. The maximum Gasteiger partial charge on any atom is 0.258 e. The molecule has 0 atom stereocenters. The van der Waals surface area contributed by atoms with Crippen LogP contribution in [0.3, 0.4) is 0 Å². The first-order valence-electron chi connectivity index (χ1n) is 9.27. The Balaban J connectivity index is 1.61. The zero-order valence-corrected chi connectivity index (χ0v) is 15.3. The van der Waals surface area contributed by atoms with Crippen molar-refractivity contribution in [2.24, 2.45) is 5.18 Å². The Hall–Kier alpha value is -2.89. The van der Waals surface area contributed by atoms with Crippen molar-refractivity contribution in [3.63, 3.8) is 0 Å². The second kappa shape index (κ2) is 7.39. The molecule has 0 saturated heterocycles. The van der Waals surface area contributed by atoms with Crippen LogP contribution < -0.4 is 14.4 Å². The third-order valence-electron chi connectivity index (χ3n) is 5.28. The third kappa shape index (κ3) is 3.39. The highest BCUT2D eigenvalue weighted by molar-refractivity contribution is 6.10. The minimum Gasteiger partial charge on any atom is -0.493 e. The number of nitroso groups, excluding NO2 is 1. The molecule has 1 aliphatic heterocycles. The normalized spacial score (nSPS) is 16.5. The van der Waals surface area contributed by atoms with Gasteiger partial charge in [0.05, 0.1) is 19.8 Å². The molecule has 1 heterocycles. The molecule has 1 saturated carbocycles. The van der Waals surface area contributed by atoms with E-state index in [4.69, 9.17) is 9.47 Å². The Labute approximate surface area is 158 Å². The molecule has 6 heteroatoms. The molecule has 2 aliphatic rings. The summed E-state index contributed by atoms with van der Waals surface area (Å²) in [5.41, 5.74) is 3.10. The van der Waals surface area contributed by atoms with Crippen LogP contribution in [-0.4, -0.2) is 19.1 Å². The molecule has 1 fully saturated rings. The van der Waals surface area contributed by atoms with Crippen molar-refractivity contribution in [3.05, 3.63) is 58.0 Å². The molecule has 0 bridgehead atoms. The van der Waals surface area contributed by atoms with Crippen molar-refractivity contribution in [2.75, 3.05) is 12.0 Å². The van der Waals surface area contributed by atoms with Crippen LogP contribution in [0.15, 0.2) is 41.6 Å². The van der Waals surface area contributed by atoms with E-state index < -0.39 is 0 Å². The molecule has 0 radical (unpaired) electrons. The highest BCUT2D eigenvalue weighted by Gasteiger charge is 2.29. The van der Waals surface area contributed by atoms with Crippen LogP contribution in [0.25, 0.3) is 0 Å². The first-order valence-corrected chi connectivity index (χ1v) is 9.27. The van der Waals surface area contributed by atoms with Gasteiger partial charge in [0.2, 0.25) is 0 Å². The standard InChI is InChI=1S/C21H22N2O4/c1-26-19-9-8-16(11-20(19)27-17-4-2-3-5-17)23-13-15-7-6-14(12-22-25)10-18(15)21(23)24/h6-11,17H,2-5,12-13H2,1H3. The Bertz CT molecular complexity index is 874. The lowest BCUT2D eigenvalue weighted by molar-refractivity contribution is 0.0996. The van der Waals surface area contributed by atoms with Gasteiger partial charge in [-0.15, -0.1) is 0 Å². The number of anilines is 1. The fourth-order valence-corrected chi connectivity index (χ4v) is 3.84. The number of amides is 1. The average molecular weight is 366 g/mol. The number of hydrogen-bond donors (Lipinski definition) is 0. The summed E-state index contributed by atoms with van der Waals surface area (Å²) in [5.74, 6) is 1.28. The van der Waals surface area contributed by atoms with Gasteiger partial charge in [-0.2, -0.15) is 4.91 Å². The van der Waals surface area contributed by atoms with E-state index in [1.54, 1.807) is 18.1 Å². The Morgan fingerprint density at radius 1 is 1.11 bits per heavy atom. The van der Waals surface area contributed by atoms with E-state index in [-0.39, 0.29) is 18.6 Å². The second-order valence-corrected chi connectivity index (χ2v) is 7.03. The van der Waals surface area contributed by atoms with E-state index in [9.17, 15) is 9.70 Å². The van der Waals surface area contributed by atoms with Gasteiger partial charge in [-0.25, -0.2) is 0 Å². The van der Waals surface area contributed by atoms with Crippen LogP contribution in [0, 0.1) is 4.91 Å². The van der Waals surface area contributed by atoms with Gasteiger partial charge in [0.25, 0.3) is 5.91 Å². The summed E-state index contributed by atoms with van der Waals surface area (Å²) in [6.45, 7) is 0.570. The minimum absolute atomic E-state index is 0.0719. The topological polar surface area (TPSA) is 68.2 Å². The monoisotopic (exact) mass is 366 g/mol. The fraction of sp³-hybridized carbons (Fsp3) is 0.381. The predicted molar refractivity (Wildman–Crippen MR) is 102 cm³/mol. The van der Waals surface area contributed by atoms with Crippen LogP contribution in [0.4, 0.5) is 5.69 Å².